The Labute approximate surface area is 118 Å². The summed E-state index contributed by atoms with van der Waals surface area (Å²) in [7, 11) is 0. The average Bonchev–Trinajstić information content (AvgIpc) is 2.46. The first kappa shape index (κ1) is 14.5. The molecule has 20 heavy (non-hydrogen) atoms. The van der Waals surface area contributed by atoms with Crippen LogP contribution in [0, 0.1) is 11.3 Å². The van der Waals surface area contributed by atoms with Gasteiger partial charge in [0.2, 0.25) is 0 Å². The van der Waals surface area contributed by atoms with E-state index in [1.807, 2.05) is 12.1 Å². The second kappa shape index (κ2) is 6.51. The summed E-state index contributed by atoms with van der Waals surface area (Å²) in [4.78, 5) is 13.0. The normalized spacial score (nSPS) is 21.1. The average molecular weight is 274 g/mol. The first-order valence-electron chi connectivity index (χ1n) is 6.67. The van der Waals surface area contributed by atoms with E-state index in [1.54, 1.807) is 12.1 Å². The molecule has 1 aliphatic rings. The minimum absolute atomic E-state index is 0.0383. The van der Waals surface area contributed by atoms with E-state index < -0.39 is 5.97 Å². The van der Waals surface area contributed by atoms with E-state index in [0.29, 0.717) is 18.7 Å². The third-order valence-electron chi connectivity index (χ3n) is 3.64. The van der Waals surface area contributed by atoms with Gasteiger partial charge in [-0.3, -0.25) is 9.69 Å². The molecule has 1 heterocycles. The monoisotopic (exact) mass is 274 g/mol. The zero-order valence-electron chi connectivity index (χ0n) is 11.5. The summed E-state index contributed by atoms with van der Waals surface area (Å²) in [6, 6.07) is 9.80. The highest BCUT2D eigenvalue weighted by atomic mass is 16.5. The molecule has 0 spiro atoms. The quantitative estimate of drug-likeness (QED) is 0.906. The Bertz CT molecular complexity index is 507. The van der Waals surface area contributed by atoms with Gasteiger partial charge in [-0.2, -0.15) is 5.26 Å². The molecule has 1 aromatic carbocycles. The van der Waals surface area contributed by atoms with Gasteiger partial charge in [0.25, 0.3) is 0 Å². The predicted molar refractivity (Wildman–Crippen MR) is 73.1 cm³/mol. The molecule has 106 valence electrons. The first-order valence-corrected chi connectivity index (χ1v) is 6.67. The molecular formula is C15H18N2O3. The number of carboxylic acid groups (broad SMARTS) is 1. The molecule has 1 aliphatic heterocycles. The number of nitrogens with zero attached hydrogens (tertiary/aromatic N) is 2. The summed E-state index contributed by atoms with van der Waals surface area (Å²) in [5.74, 6) is -0.831. The maximum atomic E-state index is 10.8. The first-order chi connectivity index (χ1) is 9.60. The SMILES string of the molecule is CC(c1ccc(C#N)cc1)N1CCOC(CC(=O)O)C1. The van der Waals surface area contributed by atoms with Gasteiger partial charge in [-0.1, -0.05) is 12.1 Å². The molecule has 5 heteroatoms. The van der Waals surface area contributed by atoms with Crippen molar-refractivity contribution in [1.29, 1.82) is 5.26 Å². The summed E-state index contributed by atoms with van der Waals surface area (Å²) < 4.78 is 5.48. The molecule has 2 atom stereocenters. The standard InChI is InChI=1S/C15H18N2O3/c1-11(13-4-2-12(9-16)3-5-13)17-6-7-20-14(10-17)8-15(18)19/h2-5,11,14H,6-8,10H2,1H3,(H,18,19). The van der Waals surface area contributed by atoms with Crippen LogP contribution in [0.15, 0.2) is 24.3 Å². The summed E-state index contributed by atoms with van der Waals surface area (Å²) in [5, 5.41) is 17.6. The molecule has 0 radical (unpaired) electrons. The molecule has 1 saturated heterocycles. The van der Waals surface area contributed by atoms with Crippen LogP contribution in [0.1, 0.15) is 30.5 Å². The van der Waals surface area contributed by atoms with Crippen molar-refractivity contribution in [2.24, 2.45) is 0 Å². The summed E-state index contributed by atoms with van der Waals surface area (Å²) in [6.07, 6.45) is -0.210. The highest BCUT2D eigenvalue weighted by molar-refractivity contribution is 5.67. The molecule has 2 rings (SSSR count). The van der Waals surface area contributed by atoms with E-state index in [1.165, 1.54) is 0 Å². The van der Waals surface area contributed by atoms with Crippen LogP contribution in [0.5, 0.6) is 0 Å². The zero-order valence-corrected chi connectivity index (χ0v) is 11.5. The highest BCUT2D eigenvalue weighted by Crippen LogP contribution is 2.23. The number of hydrogen-bond donors (Lipinski definition) is 1. The second-order valence-corrected chi connectivity index (χ2v) is 5.00. The highest BCUT2D eigenvalue weighted by Gasteiger charge is 2.26. The number of carbonyl (C=O) groups is 1. The molecule has 5 nitrogen and oxygen atoms in total. The Kier molecular flexibility index (Phi) is 4.72. The molecule has 2 unspecified atom stereocenters. The van der Waals surface area contributed by atoms with E-state index in [-0.39, 0.29) is 18.6 Å². The van der Waals surface area contributed by atoms with Crippen molar-refractivity contribution in [2.75, 3.05) is 19.7 Å². The lowest BCUT2D eigenvalue weighted by atomic mass is 10.0. The molecule has 0 aromatic heterocycles. The van der Waals surface area contributed by atoms with E-state index in [4.69, 9.17) is 15.1 Å². The van der Waals surface area contributed by atoms with E-state index in [0.717, 1.165) is 12.1 Å². The lowest BCUT2D eigenvalue weighted by Crippen LogP contribution is -2.44. The van der Waals surface area contributed by atoms with Gasteiger partial charge >= 0.3 is 5.97 Å². The summed E-state index contributed by atoms with van der Waals surface area (Å²) >= 11 is 0. The van der Waals surface area contributed by atoms with Gasteiger partial charge in [0.1, 0.15) is 0 Å². The Balaban J connectivity index is 2.02. The molecule has 0 amide bonds. The van der Waals surface area contributed by atoms with Gasteiger partial charge in [-0.25, -0.2) is 0 Å². The number of hydrogen-bond acceptors (Lipinski definition) is 4. The van der Waals surface area contributed by atoms with Crippen molar-refractivity contribution in [2.45, 2.75) is 25.5 Å². The van der Waals surface area contributed by atoms with Crippen LogP contribution in [-0.2, 0) is 9.53 Å². The molecule has 0 bridgehead atoms. The lowest BCUT2D eigenvalue weighted by Gasteiger charge is -2.36. The van der Waals surface area contributed by atoms with Crippen molar-refractivity contribution in [3.63, 3.8) is 0 Å². The van der Waals surface area contributed by atoms with Gasteiger partial charge in [-0.05, 0) is 24.6 Å². The Morgan fingerprint density at radius 2 is 2.25 bits per heavy atom. The minimum atomic E-state index is -0.831. The van der Waals surface area contributed by atoms with Gasteiger partial charge < -0.3 is 9.84 Å². The molecule has 0 aliphatic carbocycles. The topological polar surface area (TPSA) is 73.6 Å². The number of aliphatic carboxylic acids is 1. The third kappa shape index (κ3) is 3.56. The van der Waals surface area contributed by atoms with Crippen molar-refractivity contribution < 1.29 is 14.6 Å². The number of carboxylic acids is 1. The van der Waals surface area contributed by atoms with E-state index in [2.05, 4.69) is 17.9 Å². The Morgan fingerprint density at radius 3 is 2.85 bits per heavy atom. The lowest BCUT2D eigenvalue weighted by molar-refractivity contribution is -0.142. The number of morpholine rings is 1. The van der Waals surface area contributed by atoms with Crippen molar-refractivity contribution in [3.05, 3.63) is 35.4 Å². The van der Waals surface area contributed by atoms with Crippen LogP contribution < -0.4 is 0 Å². The van der Waals surface area contributed by atoms with Gasteiger partial charge in [-0.15, -0.1) is 0 Å². The Morgan fingerprint density at radius 1 is 1.55 bits per heavy atom. The van der Waals surface area contributed by atoms with Crippen molar-refractivity contribution in [3.8, 4) is 6.07 Å². The fourth-order valence-corrected chi connectivity index (χ4v) is 2.46. The largest absolute Gasteiger partial charge is 0.481 e. The van der Waals surface area contributed by atoms with Gasteiger partial charge in [0.15, 0.2) is 0 Å². The summed E-state index contributed by atoms with van der Waals surface area (Å²) in [6.45, 7) is 4.05. The molecule has 1 fully saturated rings. The summed E-state index contributed by atoms with van der Waals surface area (Å²) in [5.41, 5.74) is 1.77. The van der Waals surface area contributed by atoms with E-state index in [9.17, 15) is 4.79 Å². The van der Waals surface area contributed by atoms with Crippen LogP contribution in [0.4, 0.5) is 0 Å². The van der Waals surface area contributed by atoms with Crippen LogP contribution in [-0.4, -0.2) is 41.8 Å². The molecule has 1 N–H and O–H groups in total. The van der Waals surface area contributed by atoms with Crippen LogP contribution in [0.25, 0.3) is 0 Å². The maximum absolute atomic E-state index is 10.8. The van der Waals surface area contributed by atoms with Crippen molar-refractivity contribution >= 4 is 5.97 Å². The van der Waals surface area contributed by atoms with Crippen LogP contribution >= 0.6 is 0 Å². The number of nitriles is 1. The van der Waals surface area contributed by atoms with Crippen LogP contribution in [0.2, 0.25) is 0 Å². The van der Waals surface area contributed by atoms with Crippen LogP contribution in [0.3, 0.4) is 0 Å². The van der Waals surface area contributed by atoms with Gasteiger partial charge in [0.05, 0.1) is 30.8 Å². The van der Waals surface area contributed by atoms with Crippen molar-refractivity contribution in [1.82, 2.24) is 4.90 Å². The zero-order chi connectivity index (χ0) is 14.5. The third-order valence-corrected chi connectivity index (χ3v) is 3.64. The minimum Gasteiger partial charge on any atom is -0.481 e. The molecular weight excluding hydrogens is 256 g/mol. The number of rotatable bonds is 4. The maximum Gasteiger partial charge on any atom is 0.306 e. The number of ether oxygens (including phenoxy) is 1. The predicted octanol–water partition coefficient (Wildman–Crippen LogP) is 1.79. The van der Waals surface area contributed by atoms with Gasteiger partial charge in [0, 0.05) is 19.1 Å². The Hall–Kier alpha value is -1.90. The second-order valence-electron chi connectivity index (χ2n) is 5.00. The van der Waals surface area contributed by atoms with E-state index >= 15 is 0 Å². The fraction of sp³-hybridized carbons (Fsp3) is 0.467. The molecule has 1 aromatic rings. The number of benzene rings is 1. The smallest absolute Gasteiger partial charge is 0.306 e. The molecule has 0 saturated carbocycles. The fourth-order valence-electron chi connectivity index (χ4n) is 2.46.